The van der Waals surface area contributed by atoms with Crippen LogP contribution in [0.1, 0.15) is 45.4 Å². The molecule has 1 fully saturated rings. The zero-order valence-electron chi connectivity index (χ0n) is 10.00. The molecule has 1 rings (SSSR count). The van der Waals surface area contributed by atoms with E-state index in [0.29, 0.717) is 12.5 Å². The van der Waals surface area contributed by atoms with Crippen LogP contribution < -0.4 is 0 Å². The van der Waals surface area contributed by atoms with Crippen LogP contribution in [0.25, 0.3) is 0 Å². The van der Waals surface area contributed by atoms with Gasteiger partial charge in [0, 0.05) is 12.6 Å². The van der Waals surface area contributed by atoms with E-state index in [1.54, 1.807) is 0 Å². The lowest BCUT2D eigenvalue weighted by molar-refractivity contribution is -0.141. The fourth-order valence-corrected chi connectivity index (χ4v) is 2.35. The molecular weight excluding hydrogens is 190 g/mol. The van der Waals surface area contributed by atoms with E-state index in [2.05, 4.69) is 16.6 Å². The maximum Gasteiger partial charge on any atom is 0.306 e. The van der Waals surface area contributed by atoms with Crippen LogP contribution in [0, 0.1) is 0 Å². The van der Waals surface area contributed by atoms with Crippen LogP contribution in [0.2, 0.25) is 0 Å². The number of ether oxygens (including phenoxy) is 1. The van der Waals surface area contributed by atoms with Crippen LogP contribution >= 0.6 is 0 Å². The molecule has 1 atom stereocenters. The largest absolute Gasteiger partial charge is 0.469 e. The molecule has 1 saturated heterocycles. The van der Waals surface area contributed by atoms with Gasteiger partial charge in [-0.1, -0.05) is 19.8 Å². The van der Waals surface area contributed by atoms with E-state index in [1.165, 1.54) is 39.2 Å². The summed E-state index contributed by atoms with van der Waals surface area (Å²) in [5.74, 6) is -0.0872. The monoisotopic (exact) mass is 213 g/mol. The quantitative estimate of drug-likeness (QED) is 0.656. The molecule has 15 heavy (non-hydrogen) atoms. The molecule has 0 N–H and O–H groups in total. The van der Waals surface area contributed by atoms with Crippen LogP contribution in [0.5, 0.6) is 0 Å². The number of nitrogens with zero attached hydrogens (tertiary/aromatic N) is 1. The van der Waals surface area contributed by atoms with Gasteiger partial charge in [-0.25, -0.2) is 0 Å². The minimum atomic E-state index is -0.0872. The van der Waals surface area contributed by atoms with Crippen molar-refractivity contribution in [2.75, 3.05) is 20.2 Å². The average molecular weight is 213 g/mol. The summed E-state index contributed by atoms with van der Waals surface area (Å²) < 4.78 is 4.67. The Morgan fingerprint density at radius 3 is 2.93 bits per heavy atom. The standard InChI is InChI=1S/C12H23NO2/c1-3-6-11-7-4-5-9-13(11)10-8-12(14)15-2/h11H,3-10H2,1-2H3. The van der Waals surface area contributed by atoms with Gasteiger partial charge in [0.2, 0.25) is 0 Å². The average Bonchev–Trinajstić information content (AvgIpc) is 2.28. The lowest BCUT2D eigenvalue weighted by atomic mass is 9.98. The first kappa shape index (κ1) is 12.5. The highest BCUT2D eigenvalue weighted by Crippen LogP contribution is 2.20. The molecule has 0 aliphatic carbocycles. The zero-order valence-corrected chi connectivity index (χ0v) is 10.00. The Balaban J connectivity index is 2.32. The third-order valence-electron chi connectivity index (χ3n) is 3.20. The van der Waals surface area contributed by atoms with Gasteiger partial charge in [-0.15, -0.1) is 0 Å². The topological polar surface area (TPSA) is 29.5 Å². The molecular formula is C12H23NO2. The van der Waals surface area contributed by atoms with E-state index in [0.717, 1.165) is 13.1 Å². The summed E-state index contributed by atoms with van der Waals surface area (Å²) in [6.07, 6.45) is 6.97. The molecule has 1 heterocycles. The van der Waals surface area contributed by atoms with Crippen molar-refractivity contribution in [2.45, 2.75) is 51.5 Å². The summed E-state index contributed by atoms with van der Waals surface area (Å²) in [6.45, 7) is 4.26. The molecule has 1 aliphatic rings. The molecule has 1 aliphatic heterocycles. The number of carbonyl (C=O) groups excluding carboxylic acids is 1. The molecule has 1 unspecified atom stereocenters. The molecule has 3 nitrogen and oxygen atoms in total. The van der Waals surface area contributed by atoms with Crippen LogP contribution in [0.15, 0.2) is 0 Å². The second-order valence-corrected chi connectivity index (χ2v) is 4.30. The highest BCUT2D eigenvalue weighted by Gasteiger charge is 2.21. The Labute approximate surface area is 92.8 Å². The summed E-state index contributed by atoms with van der Waals surface area (Å²) in [6, 6.07) is 0.702. The van der Waals surface area contributed by atoms with Crippen molar-refractivity contribution >= 4 is 5.97 Å². The van der Waals surface area contributed by atoms with Gasteiger partial charge in [0.15, 0.2) is 0 Å². The van der Waals surface area contributed by atoms with Gasteiger partial charge in [0.05, 0.1) is 13.5 Å². The molecule has 88 valence electrons. The fourth-order valence-electron chi connectivity index (χ4n) is 2.35. The van der Waals surface area contributed by atoms with Crippen molar-refractivity contribution in [3.8, 4) is 0 Å². The molecule has 0 amide bonds. The summed E-state index contributed by atoms with van der Waals surface area (Å²) in [7, 11) is 1.46. The summed E-state index contributed by atoms with van der Waals surface area (Å²) >= 11 is 0. The van der Waals surface area contributed by atoms with Gasteiger partial charge >= 0.3 is 5.97 Å². The third kappa shape index (κ3) is 4.20. The Morgan fingerprint density at radius 1 is 1.47 bits per heavy atom. The molecule has 0 bridgehead atoms. The lowest BCUT2D eigenvalue weighted by Crippen LogP contribution is -2.40. The summed E-state index contributed by atoms with van der Waals surface area (Å²) in [5, 5.41) is 0. The number of carbonyl (C=O) groups is 1. The molecule has 0 spiro atoms. The van der Waals surface area contributed by atoms with Crippen LogP contribution in [-0.2, 0) is 9.53 Å². The normalized spacial score (nSPS) is 22.7. The molecule has 0 aromatic heterocycles. The van der Waals surface area contributed by atoms with Crippen LogP contribution in [0.3, 0.4) is 0 Å². The predicted octanol–water partition coefficient (Wildman–Crippen LogP) is 2.20. The number of hydrogen-bond donors (Lipinski definition) is 0. The first-order valence-corrected chi connectivity index (χ1v) is 6.08. The molecule has 0 radical (unpaired) electrons. The number of rotatable bonds is 5. The number of methoxy groups -OCH3 is 1. The maximum absolute atomic E-state index is 11.1. The Kier molecular flexibility index (Phi) is 5.69. The van der Waals surface area contributed by atoms with Gasteiger partial charge in [-0.2, -0.15) is 0 Å². The van der Waals surface area contributed by atoms with Gasteiger partial charge in [-0.05, 0) is 25.8 Å². The number of likely N-dealkylation sites (tertiary alicyclic amines) is 1. The first-order valence-electron chi connectivity index (χ1n) is 6.08. The van der Waals surface area contributed by atoms with Gasteiger partial charge in [0.1, 0.15) is 0 Å². The van der Waals surface area contributed by atoms with Gasteiger partial charge in [-0.3, -0.25) is 9.69 Å². The third-order valence-corrected chi connectivity index (χ3v) is 3.20. The van der Waals surface area contributed by atoms with Crippen molar-refractivity contribution in [1.82, 2.24) is 4.90 Å². The van der Waals surface area contributed by atoms with E-state index < -0.39 is 0 Å². The number of esters is 1. The van der Waals surface area contributed by atoms with E-state index >= 15 is 0 Å². The second kappa shape index (κ2) is 6.83. The Morgan fingerprint density at radius 2 is 2.27 bits per heavy atom. The van der Waals surface area contributed by atoms with Crippen molar-refractivity contribution in [3.63, 3.8) is 0 Å². The Bertz CT molecular complexity index is 192. The Hall–Kier alpha value is -0.570. The van der Waals surface area contributed by atoms with E-state index in [-0.39, 0.29) is 5.97 Å². The maximum atomic E-state index is 11.1. The predicted molar refractivity (Wildman–Crippen MR) is 60.8 cm³/mol. The smallest absolute Gasteiger partial charge is 0.306 e. The first-order chi connectivity index (χ1) is 7.27. The minimum absolute atomic E-state index is 0.0872. The van der Waals surface area contributed by atoms with E-state index in [9.17, 15) is 4.79 Å². The van der Waals surface area contributed by atoms with Crippen molar-refractivity contribution in [2.24, 2.45) is 0 Å². The SMILES string of the molecule is CCCC1CCCCN1CCC(=O)OC. The second-order valence-electron chi connectivity index (χ2n) is 4.30. The lowest BCUT2D eigenvalue weighted by Gasteiger charge is -2.35. The minimum Gasteiger partial charge on any atom is -0.469 e. The molecule has 0 aromatic rings. The van der Waals surface area contributed by atoms with E-state index in [1.807, 2.05) is 0 Å². The number of hydrogen-bond acceptors (Lipinski definition) is 3. The van der Waals surface area contributed by atoms with Crippen molar-refractivity contribution < 1.29 is 9.53 Å². The highest BCUT2D eigenvalue weighted by molar-refractivity contribution is 5.69. The van der Waals surface area contributed by atoms with Crippen LogP contribution in [-0.4, -0.2) is 37.1 Å². The fraction of sp³-hybridized carbons (Fsp3) is 0.917. The van der Waals surface area contributed by atoms with Crippen LogP contribution in [0.4, 0.5) is 0 Å². The van der Waals surface area contributed by atoms with E-state index in [4.69, 9.17) is 0 Å². The van der Waals surface area contributed by atoms with Crippen molar-refractivity contribution in [1.29, 1.82) is 0 Å². The van der Waals surface area contributed by atoms with Crippen molar-refractivity contribution in [3.05, 3.63) is 0 Å². The summed E-state index contributed by atoms with van der Waals surface area (Å²) in [4.78, 5) is 13.5. The zero-order chi connectivity index (χ0) is 11.1. The number of piperidine rings is 1. The highest BCUT2D eigenvalue weighted by atomic mass is 16.5. The summed E-state index contributed by atoms with van der Waals surface area (Å²) in [5.41, 5.74) is 0. The van der Waals surface area contributed by atoms with Gasteiger partial charge in [0.25, 0.3) is 0 Å². The molecule has 3 heteroatoms. The molecule has 0 aromatic carbocycles. The molecule has 0 saturated carbocycles. The van der Waals surface area contributed by atoms with Gasteiger partial charge < -0.3 is 4.74 Å².